The van der Waals surface area contributed by atoms with Gasteiger partial charge in [0.05, 0.1) is 0 Å². The van der Waals surface area contributed by atoms with E-state index in [9.17, 15) is 0 Å². The Kier molecular flexibility index (Phi) is 6.57. The van der Waals surface area contributed by atoms with Crippen molar-refractivity contribution in [1.82, 2.24) is 9.36 Å². The summed E-state index contributed by atoms with van der Waals surface area (Å²) in [4.78, 5) is 4.41. The lowest BCUT2D eigenvalue weighted by atomic mass is 9.86. The van der Waals surface area contributed by atoms with Crippen LogP contribution < -0.4 is 5.73 Å². The molecule has 0 spiro atoms. The monoisotopic (exact) mass is 302 g/mol. The molecule has 0 atom stereocenters. The van der Waals surface area contributed by atoms with Crippen molar-refractivity contribution in [3.05, 3.63) is 5.82 Å². The third-order valence-corrected chi connectivity index (χ3v) is 4.95. The highest BCUT2D eigenvalue weighted by atomic mass is 32.2. The van der Waals surface area contributed by atoms with Gasteiger partial charge in [0.2, 0.25) is 0 Å². The number of thioether (sulfide) groups is 1. The topological polar surface area (TPSA) is 84.4 Å². The van der Waals surface area contributed by atoms with Gasteiger partial charge in [-0.1, -0.05) is 44.1 Å². The highest BCUT2D eigenvalue weighted by Gasteiger charge is 2.22. The average molecular weight is 302 g/mol. The summed E-state index contributed by atoms with van der Waals surface area (Å²) in [7, 11) is 0. The Morgan fingerprint density at radius 1 is 1.47 bits per heavy atom. The first-order valence-corrected chi connectivity index (χ1v) is 8.19. The van der Waals surface area contributed by atoms with E-state index in [1.165, 1.54) is 11.5 Å². The van der Waals surface area contributed by atoms with E-state index in [1.807, 2.05) is 13.8 Å². The van der Waals surface area contributed by atoms with Gasteiger partial charge in [-0.15, -0.1) is 0 Å². The second-order valence-corrected chi connectivity index (χ2v) is 7.10. The van der Waals surface area contributed by atoms with Crippen LogP contribution in [0.2, 0.25) is 0 Å². The summed E-state index contributed by atoms with van der Waals surface area (Å²) in [6, 6.07) is 0. The smallest absolute Gasteiger partial charge is 0.170 e. The summed E-state index contributed by atoms with van der Waals surface area (Å²) >= 11 is 3.23. The summed E-state index contributed by atoms with van der Waals surface area (Å²) in [5.74, 6) is 2.27. The van der Waals surface area contributed by atoms with Crippen LogP contribution in [0.4, 0.5) is 0 Å². The quantitative estimate of drug-likeness (QED) is 0.192. The molecule has 0 amide bonds. The molecule has 0 aromatic carbocycles. The second-order valence-electron chi connectivity index (χ2n) is 5.00. The van der Waals surface area contributed by atoms with E-state index in [0.29, 0.717) is 5.84 Å². The first kappa shape index (κ1) is 16.2. The Labute approximate surface area is 122 Å². The number of hydrogen-bond donors (Lipinski definition) is 2. The van der Waals surface area contributed by atoms with Crippen LogP contribution in [0.15, 0.2) is 9.50 Å². The van der Waals surface area contributed by atoms with Gasteiger partial charge in [-0.3, -0.25) is 0 Å². The summed E-state index contributed by atoms with van der Waals surface area (Å²) < 4.78 is 5.31. The van der Waals surface area contributed by atoms with Gasteiger partial charge in [0.15, 0.2) is 4.34 Å². The molecule has 0 bridgehead atoms. The van der Waals surface area contributed by atoms with Crippen LogP contribution in [-0.2, 0) is 6.42 Å². The van der Waals surface area contributed by atoms with Gasteiger partial charge in [0.25, 0.3) is 0 Å². The predicted molar refractivity (Wildman–Crippen MR) is 81.1 cm³/mol. The van der Waals surface area contributed by atoms with Crippen LogP contribution in [0, 0.1) is 5.41 Å². The molecule has 5 nitrogen and oxygen atoms in total. The fraction of sp³-hybridized carbons (Fsp3) is 0.750. The molecule has 0 saturated carbocycles. The van der Waals surface area contributed by atoms with E-state index in [1.54, 1.807) is 11.8 Å². The maximum absolute atomic E-state index is 8.69. The fourth-order valence-electron chi connectivity index (χ4n) is 1.53. The van der Waals surface area contributed by atoms with Gasteiger partial charge in [0.1, 0.15) is 11.7 Å². The van der Waals surface area contributed by atoms with Crippen molar-refractivity contribution in [3.63, 3.8) is 0 Å². The maximum Gasteiger partial charge on any atom is 0.170 e. The van der Waals surface area contributed by atoms with Gasteiger partial charge in [-0.05, 0) is 24.4 Å². The zero-order valence-electron chi connectivity index (χ0n) is 11.7. The molecular formula is C12H22N4OS2. The summed E-state index contributed by atoms with van der Waals surface area (Å²) in [6.45, 7) is 6.05. The van der Waals surface area contributed by atoms with E-state index < -0.39 is 0 Å². The summed E-state index contributed by atoms with van der Waals surface area (Å²) in [5, 5.41) is 11.8. The molecule has 7 heteroatoms. The molecule has 0 radical (unpaired) electrons. The minimum Gasteiger partial charge on any atom is -0.409 e. The zero-order chi connectivity index (χ0) is 14.3. The molecule has 1 heterocycles. The molecule has 0 unspecified atom stereocenters. The number of rotatable bonds is 8. The average Bonchev–Trinajstić information content (AvgIpc) is 2.85. The Hall–Kier alpha value is -0.820. The third kappa shape index (κ3) is 5.36. The van der Waals surface area contributed by atoms with Crippen molar-refractivity contribution in [3.8, 4) is 0 Å². The van der Waals surface area contributed by atoms with E-state index in [4.69, 9.17) is 10.9 Å². The van der Waals surface area contributed by atoms with Crippen molar-refractivity contribution in [2.75, 3.05) is 5.75 Å². The number of aromatic nitrogens is 2. The molecule has 0 saturated heterocycles. The molecule has 1 aromatic heterocycles. The maximum atomic E-state index is 8.69. The minimum absolute atomic E-state index is 0.239. The number of unbranched alkanes of at least 4 members (excludes halogenated alkanes) is 1. The van der Waals surface area contributed by atoms with Crippen molar-refractivity contribution in [1.29, 1.82) is 0 Å². The lowest BCUT2D eigenvalue weighted by Crippen LogP contribution is -2.31. The zero-order valence-corrected chi connectivity index (χ0v) is 13.4. The standard InChI is InChI=1S/C12H22N4OS2/c1-4-9-14-11(19-16-9)18-8-6-5-7-12(2,3)10(13)15-17/h17H,4-8H2,1-3H3,(H2,13,15). The number of nitrogens with zero attached hydrogens (tertiary/aromatic N) is 3. The van der Waals surface area contributed by atoms with Gasteiger partial charge < -0.3 is 10.9 Å². The number of nitrogens with two attached hydrogens (primary N) is 1. The SMILES string of the molecule is CCc1nsc(SCCCCC(C)(C)C(N)=NO)n1. The van der Waals surface area contributed by atoms with Crippen LogP contribution >= 0.6 is 23.3 Å². The fourth-order valence-corrected chi connectivity index (χ4v) is 3.30. The van der Waals surface area contributed by atoms with Gasteiger partial charge in [-0.2, -0.15) is 4.37 Å². The number of oxime groups is 1. The van der Waals surface area contributed by atoms with Crippen LogP contribution in [0.3, 0.4) is 0 Å². The molecule has 3 N–H and O–H groups in total. The van der Waals surface area contributed by atoms with Crippen molar-refractivity contribution >= 4 is 29.1 Å². The minimum atomic E-state index is -0.239. The van der Waals surface area contributed by atoms with E-state index in [0.717, 1.165) is 41.6 Å². The van der Waals surface area contributed by atoms with Gasteiger partial charge in [0, 0.05) is 17.6 Å². The number of aryl methyl sites for hydroxylation is 1. The summed E-state index contributed by atoms with van der Waals surface area (Å²) in [5.41, 5.74) is 5.41. The van der Waals surface area contributed by atoms with E-state index in [-0.39, 0.29) is 5.41 Å². The van der Waals surface area contributed by atoms with Crippen molar-refractivity contribution in [2.24, 2.45) is 16.3 Å². The lowest BCUT2D eigenvalue weighted by molar-refractivity contribution is 0.304. The van der Waals surface area contributed by atoms with Gasteiger partial charge in [-0.25, -0.2) is 4.98 Å². The van der Waals surface area contributed by atoms with E-state index in [2.05, 4.69) is 21.4 Å². The van der Waals surface area contributed by atoms with E-state index >= 15 is 0 Å². The predicted octanol–water partition coefficient (Wildman–Crippen LogP) is 3.14. The van der Waals surface area contributed by atoms with Crippen molar-refractivity contribution < 1.29 is 5.21 Å². The first-order valence-electron chi connectivity index (χ1n) is 6.43. The van der Waals surface area contributed by atoms with Gasteiger partial charge >= 0.3 is 0 Å². The highest BCUT2D eigenvalue weighted by Crippen LogP contribution is 2.26. The van der Waals surface area contributed by atoms with Crippen molar-refractivity contribution in [2.45, 2.75) is 50.8 Å². The highest BCUT2D eigenvalue weighted by molar-refractivity contribution is 8.00. The molecule has 108 valence electrons. The molecule has 0 aliphatic rings. The molecule has 0 aliphatic carbocycles. The second kappa shape index (κ2) is 7.69. The van der Waals surface area contributed by atoms with Crippen LogP contribution in [0.25, 0.3) is 0 Å². The lowest BCUT2D eigenvalue weighted by Gasteiger charge is -2.22. The summed E-state index contributed by atoms with van der Waals surface area (Å²) in [6.07, 6.45) is 3.95. The Morgan fingerprint density at radius 2 is 2.21 bits per heavy atom. The largest absolute Gasteiger partial charge is 0.409 e. The first-order chi connectivity index (χ1) is 8.99. The Morgan fingerprint density at radius 3 is 2.79 bits per heavy atom. The molecule has 0 fully saturated rings. The number of hydrogen-bond acceptors (Lipinski definition) is 6. The van der Waals surface area contributed by atoms with Crippen LogP contribution in [-0.4, -0.2) is 26.2 Å². The normalized spacial score (nSPS) is 12.9. The molecule has 0 aliphatic heterocycles. The molecular weight excluding hydrogens is 280 g/mol. The Bertz CT molecular complexity index is 418. The Balaban J connectivity index is 2.21. The van der Waals surface area contributed by atoms with Crippen LogP contribution in [0.5, 0.6) is 0 Å². The molecule has 19 heavy (non-hydrogen) atoms. The molecule has 1 aromatic rings. The third-order valence-electron chi connectivity index (χ3n) is 2.99. The molecule has 1 rings (SSSR count). The van der Waals surface area contributed by atoms with Crippen LogP contribution in [0.1, 0.15) is 45.9 Å². The number of amidine groups is 1.